The molecule has 0 spiro atoms. The number of anilines is 1. The van der Waals surface area contributed by atoms with Crippen molar-refractivity contribution in [3.05, 3.63) is 71.4 Å². The highest BCUT2D eigenvalue weighted by Crippen LogP contribution is 2.32. The van der Waals surface area contributed by atoms with Crippen LogP contribution in [0.15, 0.2) is 54.7 Å². The second-order valence-electron chi connectivity index (χ2n) is 8.73. The smallest absolute Gasteiger partial charge is 0.433 e. The first-order chi connectivity index (χ1) is 17.0. The average molecular weight is 498 g/mol. The molecule has 4 rings (SSSR count). The highest BCUT2D eigenvalue weighted by atomic mass is 19.4. The van der Waals surface area contributed by atoms with E-state index in [-0.39, 0.29) is 23.2 Å². The molecule has 1 aliphatic heterocycles. The van der Waals surface area contributed by atoms with E-state index in [1.807, 2.05) is 26.1 Å². The first kappa shape index (κ1) is 25.2. The number of likely N-dealkylation sites (tertiary alicyclic amines) is 1. The number of hydrogen-bond donors (Lipinski definition) is 3. The van der Waals surface area contributed by atoms with Gasteiger partial charge in [-0.3, -0.25) is 15.2 Å². The highest BCUT2D eigenvalue weighted by molar-refractivity contribution is 6.06. The van der Waals surface area contributed by atoms with Crippen molar-refractivity contribution in [2.45, 2.75) is 19.1 Å². The van der Waals surface area contributed by atoms with Crippen LogP contribution in [0.25, 0.3) is 11.3 Å². The van der Waals surface area contributed by atoms with Crippen LogP contribution in [0.1, 0.15) is 21.5 Å². The van der Waals surface area contributed by atoms with Crippen molar-refractivity contribution < 1.29 is 22.7 Å². The number of nitrogens with one attached hydrogen (secondary N) is 3. The van der Waals surface area contributed by atoms with Gasteiger partial charge in [-0.25, -0.2) is 0 Å². The summed E-state index contributed by atoms with van der Waals surface area (Å²) >= 11 is 0. The second kappa shape index (κ2) is 9.98. The lowest BCUT2D eigenvalue weighted by atomic mass is 10.0. The number of aryl methyl sites for hydroxylation is 1. The molecule has 2 aromatic carbocycles. The summed E-state index contributed by atoms with van der Waals surface area (Å²) in [6, 6.07) is 13.0. The van der Waals surface area contributed by atoms with E-state index in [0.29, 0.717) is 22.8 Å². The fourth-order valence-electron chi connectivity index (χ4n) is 4.06. The van der Waals surface area contributed by atoms with E-state index in [1.54, 1.807) is 24.4 Å². The number of benzene rings is 2. The molecule has 1 amide bonds. The molecular weight excluding hydrogens is 471 g/mol. The van der Waals surface area contributed by atoms with Crippen LogP contribution in [0.4, 0.5) is 18.9 Å². The number of halogens is 3. The first-order valence-corrected chi connectivity index (χ1v) is 11.3. The van der Waals surface area contributed by atoms with Crippen LogP contribution in [0.2, 0.25) is 0 Å². The summed E-state index contributed by atoms with van der Waals surface area (Å²) in [6.07, 6.45) is -3.18. The summed E-state index contributed by atoms with van der Waals surface area (Å²) in [7, 11) is 3.48. The minimum absolute atomic E-state index is 0.107. The molecule has 1 fully saturated rings. The Morgan fingerprint density at radius 1 is 1.08 bits per heavy atom. The predicted molar refractivity (Wildman–Crippen MR) is 132 cm³/mol. The molecule has 188 valence electrons. The molecule has 0 saturated carbocycles. The number of alkyl halides is 3. The molecule has 36 heavy (non-hydrogen) atoms. The van der Waals surface area contributed by atoms with Crippen LogP contribution < -0.4 is 15.4 Å². The zero-order chi connectivity index (χ0) is 26.0. The number of carbonyl (C=O) groups excluding carboxylic acids is 1. The van der Waals surface area contributed by atoms with Crippen LogP contribution in [0, 0.1) is 12.3 Å². The van der Waals surface area contributed by atoms with Crippen LogP contribution in [-0.2, 0) is 0 Å². The van der Waals surface area contributed by atoms with Crippen molar-refractivity contribution in [2.75, 3.05) is 32.5 Å². The van der Waals surface area contributed by atoms with Gasteiger partial charge < -0.3 is 20.3 Å². The number of nitrogens with zero attached hydrogens (tertiary/aromatic N) is 2. The van der Waals surface area contributed by atoms with Crippen molar-refractivity contribution in [3.8, 4) is 22.8 Å². The minimum Gasteiger partial charge on any atom is -0.457 e. The Balaban J connectivity index is 1.51. The SMILES string of the molecule is CNc1cc(Oc2ccnc(-c3ccc(C(=O)NC4CN(C)C4)c(C)c3)c2)ccc1C(=N)C(F)(F)F. The number of rotatable bonds is 7. The minimum atomic E-state index is -4.75. The Hall–Kier alpha value is -3.92. The summed E-state index contributed by atoms with van der Waals surface area (Å²) in [4.78, 5) is 19.1. The first-order valence-electron chi connectivity index (χ1n) is 11.3. The number of hydrogen-bond acceptors (Lipinski definition) is 6. The van der Waals surface area contributed by atoms with Crippen LogP contribution in [-0.4, -0.2) is 60.9 Å². The van der Waals surface area contributed by atoms with Gasteiger partial charge in [-0.2, -0.15) is 13.2 Å². The Morgan fingerprint density at radius 3 is 2.42 bits per heavy atom. The number of carbonyl (C=O) groups is 1. The van der Waals surface area contributed by atoms with E-state index < -0.39 is 11.9 Å². The van der Waals surface area contributed by atoms with Crippen LogP contribution in [0.3, 0.4) is 0 Å². The standard InChI is InChI=1S/C26H26F3N5O2/c1-15-10-16(4-6-20(15)25(35)33-17-13-34(3)14-17)22-11-19(8-9-32-22)36-18-5-7-21(23(12-18)31-2)24(30)26(27,28)29/h4-12,17,30-31H,13-14H2,1-3H3,(H,33,35). The Labute approximate surface area is 206 Å². The molecule has 0 atom stereocenters. The molecule has 0 radical (unpaired) electrons. The van der Waals surface area contributed by atoms with Crippen molar-refractivity contribution in [1.29, 1.82) is 5.41 Å². The van der Waals surface area contributed by atoms with E-state index in [1.165, 1.54) is 25.2 Å². The molecular formula is C26H26F3N5O2. The van der Waals surface area contributed by atoms with Crippen molar-refractivity contribution in [2.24, 2.45) is 0 Å². The average Bonchev–Trinajstić information content (AvgIpc) is 2.82. The Morgan fingerprint density at radius 2 is 1.78 bits per heavy atom. The largest absolute Gasteiger partial charge is 0.457 e. The number of pyridine rings is 1. The van der Waals surface area contributed by atoms with E-state index in [2.05, 4.69) is 20.5 Å². The van der Waals surface area contributed by atoms with E-state index in [0.717, 1.165) is 24.2 Å². The lowest BCUT2D eigenvalue weighted by Crippen LogP contribution is -2.57. The molecule has 3 aromatic rings. The van der Waals surface area contributed by atoms with Gasteiger partial charge in [-0.15, -0.1) is 0 Å². The quantitative estimate of drug-likeness (QED) is 0.406. The molecule has 0 aliphatic carbocycles. The maximum absolute atomic E-state index is 13.0. The van der Waals surface area contributed by atoms with Crippen LogP contribution in [0.5, 0.6) is 11.5 Å². The summed E-state index contributed by atoms with van der Waals surface area (Å²) in [5.41, 5.74) is 1.25. The van der Waals surface area contributed by atoms with Gasteiger partial charge in [0.15, 0.2) is 0 Å². The normalized spacial score (nSPS) is 14.2. The van der Waals surface area contributed by atoms with Crippen LogP contribution >= 0.6 is 0 Å². The molecule has 1 saturated heterocycles. The van der Waals surface area contributed by atoms with Gasteiger partial charge in [0.2, 0.25) is 0 Å². The van der Waals surface area contributed by atoms with Crippen molar-refractivity contribution in [3.63, 3.8) is 0 Å². The third-order valence-corrected chi connectivity index (χ3v) is 5.95. The summed E-state index contributed by atoms with van der Waals surface area (Å²) in [5.74, 6) is 0.638. The van der Waals surface area contributed by atoms with Gasteiger partial charge in [-0.1, -0.05) is 6.07 Å². The monoisotopic (exact) mass is 497 g/mol. The van der Waals surface area contributed by atoms with Crippen molar-refractivity contribution in [1.82, 2.24) is 15.2 Å². The molecule has 1 aromatic heterocycles. The number of ether oxygens (including phenoxy) is 1. The van der Waals surface area contributed by atoms with Gasteiger partial charge in [0, 0.05) is 60.8 Å². The van der Waals surface area contributed by atoms with Gasteiger partial charge in [0.1, 0.15) is 17.2 Å². The van der Waals surface area contributed by atoms with Crippen molar-refractivity contribution >= 4 is 17.3 Å². The molecule has 3 N–H and O–H groups in total. The number of aromatic nitrogens is 1. The number of amides is 1. The molecule has 10 heteroatoms. The molecule has 2 heterocycles. The zero-order valence-electron chi connectivity index (χ0n) is 20.0. The lowest BCUT2D eigenvalue weighted by Gasteiger charge is -2.36. The third-order valence-electron chi connectivity index (χ3n) is 5.95. The molecule has 0 unspecified atom stereocenters. The van der Waals surface area contributed by atoms with Gasteiger partial charge in [0.05, 0.1) is 11.7 Å². The lowest BCUT2D eigenvalue weighted by molar-refractivity contribution is -0.0587. The van der Waals surface area contributed by atoms with E-state index in [4.69, 9.17) is 10.1 Å². The van der Waals surface area contributed by atoms with E-state index >= 15 is 0 Å². The van der Waals surface area contributed by atoms with Gasteiger partial charge in [0.25, 0.3) is 5.91 Å². The fourth-order valence-corrected chi connectivity index (χ4v) is 4.06. The fraction of sp³-hybridized carbons (Fsp3) is 0.269. The third kappa shape index (κ3) is 5.49. The summed E-state index contributed by atoms with van der Waals surface area (Å²) in [6.45, 7) is 3.54. The highest BCUT2D eigenvalue weighted by Gasteiger charge is 2.36. The molecule has 7 nitrogen and oxygen atoms in total. The molecule has 1 aliphatic rings. The Kier molecular flexibility index (Phi) is 6.98. The zero-order valence-corrected chi connectivity index (χ0v) is 20.0. The molecule has 0 bridgehead atoms. The number of likely N-dealkylation sites (N-methyl/N-ethyl adjacent to an activating group) is 1. The maximum Gasteiger partial charge on any atom is 0.433 e. The second-order valence-corrected chi connectivity index (χ2v) is 8.73. The Bertz CT molecular complexity index is 1300. The van der Waals surface area contributed by atoms with Gasteiger partial charge >= 0.3 is 6.18 Å². The van der Waals surface area contributed by atoms with Gasteiger partial charge in [-0.05, 0) is 49.9 Å². The summed E-state index contributed by atoms with van der Waals surface area (Å²) < 4.78 is 44.8. The summed E-state index contributed by atoms with van der Waals surface area (Å²) in [5, 5.41) is 13.1. The topological polar surface area (TPSA) is 90.3 Å². The predicted octanol–water partition coefficient (Wildman–Crippen LogP) is 4.86. The maximum atomic E-state index is 13.0. The van der Waals surface area contributed by atoms with E-state index in [9.17, 15) is 18.0 Å².